The Hall–Kier alpha value is -3.55. The molecule has 2 aromatic carbocycles. The summed E-state index contributed by atoms with van der Waals surface area (Å²) in [4.78, 5) is 26.6. The second-order valence-electron chi connectivity index (χ2n) is 9.69. The average Bonchev–Trinajstić information content (AvgIpc) is 3.35. The molecular weight excluding hydrogens is 436 g/mol. The van der Waals surface area contributed by atoms with E-state index in [0.717, 1.165) is 56.9 Å². The van der Waals surface area contributed by atoms with Gasteiger partial charge in [-0.3, -0.25) is 9.69 Å². The van der Waals surface area contributed by atoms with E-state index >= 15 is 0 Å². The molecule has 3 heterocycles. The largest absolute Gasteiger partial charge is 0.324 e. The van der Waals surface area contributed by atoms with Gasteiger partial charge in [0.25, 0.3) is 0 Å². The number of pyridine rings is 1. The maximum Gasteiger partial charge on any atom is 0.229 e. The first-order valence-corrected chi connectivity index (χ1v) is 12.4. The summed E-state index contributed by atoms with van der Waals surface area (Å²) in [5.74, 6) is 0.477. The van der Waals surface area contributed by atoms with E-state index in [9.17, 15) is 4.79 Å². The Morgan fingerprint density at radius 3 is 2.57 bits per heavy atom. The van der Waals surface area contributed by atoms with Gasteiger partial charge >= 0.3 is 0 Å². The highest BCUT2D eigenvalue weighted by atomic mass is 16.1. The van der Waals surface area contributed by atoms with Gasteiger partial charge in [-0.1, -0.05) is 18.2 Å². The first kappa shape index (κ1) is 21.9. The molecule has 2 aromatic heterocycles. The van der Waals surface area contributed by atoms with E-state index in [1.54, 1.807) is 12.3 Å². The van der Waals surface area contributed by atoms with Crippen molar-refractivity contribution in [3.8, 4) is 5.69 Å². The third kappa shape index (κ3) is 4.57. The molecule has 7 nitrogen and oxygen atoms in total. The van der Waals surface area contributed by atoms with Crippen molar-refractivity contribution in [1.29, 1.82) is 0 Å². The molecular formula is C28H30N6O. The van der Waals surface area contributed by atoms with Crippen molar-refractivity contribution in [3.63, 3.8) is 0 Å². The quantitative estimate of drug-likeness (QED) is 0.483. The Bertz CT molecular complexity index is 1420. The summed E-state index contributed by atoms with van der Waals surface area (Å²) in [6.45, 7) is 5.42. The number of anilines is 2. The molecule has 0 radical (unpaired) electrons. The van der Waals surface area contributed by atoms with E-state index in [1.807, 2.05) is 10.8 Å². The van der Waals surface area contributed by atoms with Crippen LogP contribution in [0.5, 0.6) is 0 Å². The normalized spacial score (nSPS) is 16.5. The Kier molecular flexibility index (Phi) is 5.80. The molecule has 1 aliphatic carbocycles. The van der Waals surface area contributed by atoms with Crippen LogP contribution in [0.15, 0.2) is 65.7 Å². The molecule has 0 unspecified atom stereocenters. The monoisotopic (exact) mass is 466 g/mol. The number of rotatable bonds is 5. The van der Waals surface area contributed by atoms with Crippen LogP contribution >= 0.6 is 0 Å². The summed E-state index contributed by atoms with van der Waals surface area (Å²) in [6.07, 6.45) is 6.89. The molecule has 6 rings (SSSR count). The van der Waals surface area contributed by atoms with Crippen molar-refractivity contribution in [3.05, 3.63) is 87.8 Å². The lowest BCUT2D eigenvalue weighted by atomic mass is 10.1. The maximum atomic E-state index is 12.5. The third-order valence-electron chi connectivity index (χ3n) is 7.21. The van der Waals surface area contributed by atoms with E-state index in [0.29, 0.717) is 17.0 Å². The van der Waals surface area contributed by atoms with Crippen LogP contribution in [0.1, 0.15) is 23.1 Å². The Morgan fingerprint density at radius 1 is 0.943 bits per heavy atom. The molecule has 0 amide bonds. The van der Waals surface area contributed by atoms with Crippen LogP contribution in [0, 0.1) is 0 Å². The predicted molar refractivity (Wildman–Crippen MR) is 140 cm³/mol. The van der Waals surface area contributed by atoms with Gasteiger partial charge in [0, 0.05) is 62.6 Å². The minimum atomic E-state index is -0.0720. The van der Waals surface area contributed by atoms with E-state index in [4.69, 9.17) is 4.98 Å². The highest BCUT2D eigenvalue weighted by molar-refractivity contribution is 5.77. The Morgan fingerprint density at radius 2 is 1.74 bits per heavy atom. The number of aromatic nitrogens is 3. The lowest BCUT2D eigenvalue weighted by Gasteiger charge is -2.32. The van der Waals surface area contributed by atoms with Crippen LogP contribution < -0.4 is 10.7 Å². The molecule has 1 N–H and O–H groups in total. The van der Waals surface area contributed by atoms with Crippen LogP contribution in [-0.2, 0) is 19.4 Å². The SMILES string of the molecule is CN1CCN(Cc2ccc(Nc3ncc4c(=O)ccn(-c5ccc6c(c5)CCC6)c4n3)cc2)CC1. The van der Waals surface area contributed by atoms with Gasteiger partial charge in [-0.25, -0.2) is 4.98 Å². The lowest BCUT2D eigenvalue weighted by molar-refractivity contribution is 0.148. The summed E-state index contributed by atoms with van der Waals surface area (Å²) in [5.41, 5.74) is 6.59. The van der Waals surface area contributed by atoms with Gasteiger partial charge in [-0.2, -0.15) is 4.98 Å². The molecule has 0 saturated carbocycles. The van der Waals surface area contributed by atoms with Gasteiger partial charge < -0.3 is 14.8 Å². The zero-order chi connectivity index (χ0) is 23.8. The number of aryl methyl sites for hydroxylation is 2. The maximum absolute atomic E-state index is 12.5. The third-order valence-corrected chi connectivity index (χ3v) is 7.21. The first-order chi connectivity index (χ1) is 17.1. The van der Waals surface area contributed by atoms with E-state index < -0.39 is 0 Å². The van der Waals surface area contributed by atoms with E-state index in [1.165, 1.54) is 23.1 Å². The van der Waals surface area contributed by atoms with Crippen LogP contribution in [0.4, 0.5) is 11.6 Å². The summed E-state index contributed by atoms with van der Waals surface area (Å²) < 4.78 is 1.99. The van der Waals surface area contributed by atoms with Crippen LogP contribution in [0.3, 0.4) is 0 Å². The Balaban J connectivity index is 1.25. The van der Waals surface area contributed by atoms with Gasteiger partial charge in [-0.05, 0) is 67.3 Å². The van der Waals surface area contributed by atoms with Crippen LogP contribution in [0.2, 0.25) is 0 Å². The molecule has 2 aliphatic rings. The summed E-state index contributed by atoms with van der Waals surface area (Å²) >= 11 is 0. The van der Waals surface area contributed by atoms with Crippen molar-refractivity contribution in [2.75, 3.05) is 38.5 Å². The number of nitrogens with one attached hydrogen (secondary N) is 1. The summed E-state index contributed by atoms with van der Waals surface area (Å²) in [5, 5.41) is 3.83. The number of likely N-dealkylation sites (N-methyl/N-ethyl adjacent to an activating group) is 1. The number of hydrogen-bond donors (Lipinski definition) is 1. The van der Waals surface area contributed by atoms with Crippen molar-refractivity contribution < 1.29 is 0 Å². The highest BCUT2D eigenvalue weighted by Gasteiger charge is 2.15. The number of piperazine rings is 1. The molecule has 0 spiro atoms. The fourth-order valence-electron chi connectivity index (χ4n) is 5.10. The van der Waals surface area contributed by atoms with Crippen LogP contribution in [0.25, 0.3) is 16.7 Å². The molecule has 7 heteroatoms. The smallest absolute Gasteiger partial charge is 0.229 e. The summed E-state index contributed by atoms with van der Waals surface area (Å²) in [7, 11) is 2.18. The second kappa shape index (κ2) is 9.24. The van der Waals surface area contributed by atoms with Crippen LogP contribution in [-0.4, -0.2) is 57.6 Å². The fourth-order valence-corrected chi connectivity index (χ4v) is 5.10. The van der Waals surface area contributed by atoms with Crippen molar-refractivity contribution in [1.82, 2.24) is 24.3 Å². The lowest BCUT2D eigenvalue weighted by Crippen LogP contribution is -2.43. The molecule has 0 bridgehead atoms. The van der Waals surface area contributed by atoms with Crippen molar-refractivity contribution >= 4 is 22.7 Å². The summed E-state index contributed by atoms with van der Waals surface area (Å²) in [6, 6.07) is 16.6. The van der Waals surface area contributed by atoms with E-state index in [2.05, 4.69) is 69.6 Å². The minimum absolute atomic E-state index is 0.0720. The minimum Gasteiger partial charge on any atom is -0.324 e. The highest BCUT2D eigenvalue weighted by Crippen LogP contribution is 2.26. The van der Waals surface area contributed by atoms with E-state index in [-0.39, 0.29) is 5.43 Å². The molecule has 4 aromatic rings. The predicted octanol–water partition coefficient (Wildman–Crippen LogP) is 3.76. The molecule has 0 atom stereocenters. The number of hydrogen-bond acceptors (Lipinski definition) is 6. The number of fused-ring (bicyclic) bond motifs is 2. The van der Waals surface area contributed by atoms with Crippen molar-refractivity contribution in [2.45, 2.75) is 25.8 Å². The molecule has 1 saturated heterocycles. The number of benzene rings is 2. The molecule has 178 valence electrons. The molecule has 1 fully saturated rings. The zero-order valence-corrected chi connectivity index (χ0v) is 20.1. The van der Waals surface area contributed by atoms with Gasteiger partial charge in [0.05, 0.1) is 5.39 Å². The topological polar surface area (TPSA) is 66.3 Å². The van der Waals surface area contributed by atoms with Gasteiger partial charge in [-0.15, -0.1) is 0 Å². The van der Waals surface area contributed by atoms with Gasteiger partial charge in [0.2, 0.25) is 5.95 Å². The Labute approximate surface area is 205 Å². The number of nitrogens with zero attached hydrogens (tertiary/aromatic N) is 5. The van der Waals surface area contributed by atoms with Crippen molar-refractivity contribution in [2.24, 2.45) is 0 Å². The first-order valence-electron chi connectivity index (χ1n) is 12.4. The average molecular weight is 467 g/mol. The second-order valence-corrected chi connectivity index (χ2v) is 9.69. The molecule has 35 heavy (non-hydrogen) atoms. The van der Waals surface area contributed by atoms with Gasteiger partial charge in [0.15, 0.2) is 11.1 Å². The van der Waals surface area contributed by atoms with Gasteiger partial charge in [0.1, 0.15) is 0 Å². The standard InChI is InChI=1S/C28H30N6O/c1-32-13-15-33(16-14-32)19-20-5-8-23(9-6-20)30-28-29-18-25-26(35)11-12-34(27(25)31-28)24-10-7-21-3-2-4-22(21)17-24/h5-12,17-18H,2-4,13-16,19H2,1H3,(H,29,30,31). The fraction of sp³-hybridized carbons (Fsp3) is 0.321. The molecule has 1 aliphatic heterocycles. The zero-order valence-electron chi connectivity index (χ0n) is 20.1.